The maximum Gasteiger partial charge on any atom is 0.118 e. The second-order valence-corrected chi connectivity index (χ2v) is 6.85. The minimum atomic E-state index is -1.13. The van der Waals surface area contributed by atoms with E-state index >= 15 is 0 Å². The van der Waals surface area contributed by atoms with E-state index in [1.165, 1.54) is 0 Å². The van der Waals surface area contributed by atoms with Gasteiger partial charge in [-0.3, -0.25) is 4.21 Å². The summed E-state index contributed by atoms with van der Waals surface area (Å²) in [5, 5.41) is -0.167. The van der Waals surface area contributed by atoms with Crippen LogP contribution in [0.1, 0.15) is 24.1 Å². The standard InChI is InChI=1S/C17H21NO2S/c1-12-6-4-5-7-16(12)21(19)13(2)17(18)14-8-10-15(20-3)11-9-14/h4-11,13,17H,18H2,1-3H3. The van der Waals surface area contributed by atoms with Crippen molar-refractivity contribution in [1.82, 2.24) is 0 Å². The Morgan fingerprint density at radius 3 is 2.29 bits per heavy atom. The summed E-state index contributed by atoms with van der Waals surface area (Å²) in [5.74, 6) is 0.790. The lowest BCUT2D eigenvalue weighted by Crippen LogP contribution is -2.28. The third-order valence-electron chi connectivity index (χ3n) is 3.65. The second-order valence-electron chi connectivity index (χ2n) is 5.07. The lowest BCUT2D eigenvalue weighted by atomic mass is 10.1. The van der Waals surface area contributed by atoms with Crippen molar-refractivity contribution in [3.8, 4) is 5.75 Å². The maximum atomic E-state index is 12.7. The topological polar surface area (TPSA) is 52.3 Å². The number of methoxy groups -OCH3 is 1. The van der Waals surface area contributed by atoms with Gasteiger partial charge >= 0.3 is 0 Å². The highest BCUT2D eigenvalue weighted by molar-refractivity contribution is 7.85. The molecule has 0 saturated carbocycles. The van der Waals surface area contributed by atoms with E-state index in [-0.39, 0.29) is 11.3 Å². The molecule has 0 aromatic heterocycles. The van der Waals surface area contributed by atoms with Crippen LogP contribution in [-0.2, 0) is 10.8 Å². The highest BCUT2D eigenvalue weighted by atomic mass is 32.2. The van der Waals surface area contributed by atoms with Crippen molar-refractivity contribution in [2.45, 2.75) is 30.0 Å². The maximum absolute atomic E-state index is 12.7. The van der Waals surface area contributed by atoms with Gasteiger partial charge in [-0.15, -0.1) is 0 Å². The number of rotatable bonds is 5. The third kappa shape index (κ3) is 3.52. The fourth-order valence-electron chi connectivity index (χ4n) is 2.21. The molecule has 0 fully saturated rings. The molecular formula is C17H21NO2S. The highest BCUT2D eigenvalue weighted by Gasteiger charge is 2.23. The van der Waals surface area contributed by atoms with E-state index in [2.05, 4.69) is 0 Å². The first-order valence-electron chi connectivity index (χ1n) is 6.90. The van der Waals surface area contributed by atoms with Gasteiger partial charge in [0, 0.05) is 10.9 Å². The van der Waals surface area contributed by atoms with Crippen LogP contribution in [0.5, 0.6) is 5.75 Å². The SMILES string of the molecule is COc1ccc(C(N)C(C)S(=O)c2ccccc2C)cc1. The number of aryl methyl sites for hydroxylation is 1. The number of nitrogens with two attached hydrogens (primary N) is 1. The van der Waals surface area contributed by atoms with Gasteiger partial charge in [-0.2, -0.15) is 0 Å². The number of benzene rings is 2. The Kier molecular flexibility index (Phi) is 5.15. The van der Waals surface area contributed by atoms with Crippen LogP contribution in [-0.4, -0.2) is 16.6 Å². The first kappa shape index (κ1) is 15.7. The monoisotopic (exact) mass is 303 g/mol. The molecule has 2 aromatic rings. The van der Waals surface area contributed by atoms with E-state index in [0.29, 0.717) is 0 Å². The predicted molar refractivity (Wildman–Crippen MR) is 87.0 cm³/mol. The van der Waals surface area contributed by atoms with E-state index in [4.69, 9.17) is 10.5 Å². The highest BCUT2D eigenvalue weighted by Crippen LogP contribution is 2.25. The minimum Gasteiger partial charge on any atom is -0.497 e. The van der Waals surface area contributed by atoms with Crippen molar-refractivity contribution in [2.75, 3.05) is 7.11 Å². The van der Waals surface area contributed by atoms with E-state index in [1.54, 1.807) is 7.11 Å². The molecule has 0 bridgehead atoms. The average molecular weight is 303 g/mol. The Labute approximate surface area is 128 Å². The van der Waals surface area contributed by atoms with Crippen LogP contribution in [0, 0.1) is 6.92 Å². The summed E-state index contributed by atoms with van der Waals surface area (Å²) < 4.78 is 17.9. The molecule has 21 heavy (non-hydrogen) atoms. The number of ether oxygens (including phenoxy) is 1. The average Bonchev–Trinajstić information content (AvgIpc) is 2.53. The number of hydrogen-bond acceptors (Lipinski definition) is 3. The zero-order valence-electron chi connectivity index (χ0n) is 12.6. The molecule has 3 atom stereocenters. The van der Waals surface area contributed by atoms with Crippen molar-refractivity contribution in [2.24, 2.45) is 5.73 Å². The molecule has 0 spiro atoms. The Bertz CT molecular complexity index is 625. The molecule has 2 N–H and O–H groups in total. The van der Waals surface area contributed by atoms with Crippen LogP contribution in [0.4, 0.5) is 0 Å². The fourth-order valence-corrected chi connectivity index (χ4v) is 3.63. The number of hydrogen-bond donors (Lipinski definition) is 1. The van der Waals surface area contributed by atoms with Crippen molar-refractivity contribution in [1.29, 1.82) is 0 Å². The first-order chi connectivity index (χ1) is 10.0. The summed E-state index contributed by atoms with van der Waals surface area (Å²) in [6.07, 6.45) is 0. The normalized spacial score (nSPS) is 15.2. The molecule has 2 aromatic carbocycles. The van der Waals surface area contributed by atoms with Crippen LogP contribution in [0.2, 0.25) is 0 Å². The molecule has 112 valence electrons. The van der Waals surface area contributed by atoms with Gasteiger partial charge in [0.05, 0.1) is 23.2 Å². The van der Waals surface area contributed by atoms with Gasteiger partial charge < -0.3 is 10.5 Å². The van der Waals surface area contributed by atoms with Gasteiger partial charge in [0.1, 0.15) is 5.75 Å². The summed E-state index contributed by atoms with van der Waals surface area (Å²) >= 11 is 0. The van der Waals surface area contributed by atoms with Gasteiger partial charge in [-0.1, -0.05) is 30.3 Å². The Morgan fingerprint density at radius 2 is 1.71 bits per heavy atom. The molecule has 3 unspecified atom stereocenters. The smallest absolute Gasteiger partial charge is 0.118 e. The largest absolute Gasteiger partial charge is 0.497 e. The molecule has 0 aliphatic carbocycles. The van der Waals surface area contributed by atoms with Crippen molar-refractivity contribution in [3.63, 3.8) is 0 Å². The summed E-state index contributed by atoms with van der Waals surface area (Å²) in [4.78, 5) is 0.856. The van der Waals surface area contributed by atoms with Crippen LogP contribution in [0.3, 0.4) is 0 Å². The lowest BCUT2D eigenvalue weighted by Gasteiger charge is -2.21. The fraction of sp³-hybridized carbons (Fsp3) is 0.294. The van der Waals surface area contributed by atoms with Crippen LogP contribution >= 0.6 is 0 Å². The van der Waals surface area contributed by atoms with E-state index in [0.717, 1.165) is 21.8 Å². The quantitative estimate of drug-likeness (QED) is 0.923. The van der Waals surface area contributed by atoms with Crippen LogP contribution in [0.25, 0.3) is 0 Å². The first-order valence-corrected chi connectivity index (χ1v) is 8.11. The van der Waals surface area contributed by atoms with Gasteiger partial charge in [0.15, 0.2) is 0 Å². The molecule has 0 aliphatic rings. The van der Waals surface area contributed by atoms with Crippen molar-refractivity contribution >= 4 is 10.8 Å². The summed E-state index contributed by atoms with van der Waals surface area (Å²) in [6, 6.07) is 15.1. The molecule has 0 saturated heterocycles. The molecule has 0 radical (unpaired) electrons. The Balaban J connectivity index is 2.20. The molecule has 0 heterocycles. The zero-order chi connectivity index (χ0) is 15.4. The van der Waals surface area contributed by atoms with Gasteiger partial charge in [-0.05, 0) is 43.2 Å². The molecule has 0 amide bonds. The van der Waals surface area contributed by atoms with Crippen LogP contribution in [0.15, 0.2) is 53.4 Å². The van der Waals surface area contributed by atoms with E-state index in [9.17, 15) is 4.21 Å². The zero-order valence-corrected chi connectivity index (χ0v) is 13.4. The Hall–Kier alpha value is -1.65. The van der Waals surface area contributed by atoms with E-state index < -0.39 is 10.8 Å². The van der Waals surface area contributed by atoms with Crippen LogP contribution < -0.4 is 10.5 Å². The Morgan fingerprint density at radius 1 is 1.10 bits per heavy atom. The molecular weight excluding hydrogens is 282 g/mol. The summed E-state index contributed by atoms with van der Waals surface area (Å²) in [6.45, 7) is 3.90. The van der Waals surface area contributed by atoms with Gasteiger partial charge in [0.25, 0.3) is 0 Å². The lowest BCUT2D eigenvalue weighted by molar-refractivity contribution is 0.414. The second kappa shape index (κ2) is 6.87. The molecule has 2 rings (SSSR count). The van der Waals surface area contributed by atoms with Crippen molar-refractivity contribution in [3.05, 3.63) is 59.7 Å². The minimum absolute atomic E-state index is 0.167. The van der Waals surface area contributed by atoms with Crippen molar-refractivity contribution < 1.29 is 8.95 Å². The predicted octanol–water partition coefficient (Wildman–Crippen LogP) is 3.20. The molecule has 4 heteroatoms. The van der Waals surface area contributed by atoms with Gasteiger partial charge in [0.2, 0.25) is 0 Å². The van der Waals surface area contributed by atoms with E-state index in [1.807, 2.05) is 62.4 Å². The summed E-state index contributed by atoms with van der Waals surface area (Å²) in [7, 11) is 0.496. The molecule has 3 nitrogen and oxygen atoms in total. The summed E-state index contributed by atoms with van der Waals surface area (Å²) in [5.41, 5.74) is 8.28. The third-order valence-corrected chi connectivity index (χ3v) is 5.51. The molecule has 0 aliphatic heterocycles. The van der Waals surface area contributed by atoms with Gasteiger partial charge in [-0.25, -0.2) is 0 Å².